The number of aryl methyl sites for hydroxylation is 1. The van der Waals surface area contributed by atoms with Gasteiger partial charge in [0.1, 0.15) is 11.9 Å². The fourth-order valence-electron chi connectivity index (χ4n) is 4.07. The van der Waals surface area contributed by atoms with Gasteiger partial charge < -0.3 is 15.6 Å². The average molecular weight is 395 g/mol. The largest absolute Gasteiger partial charge is 0.355 e. The van der Waals surface area contributed by atoms with Crippen LogP contribution in [0.2, 0.25) is 0 Å². The van der Waals surface area contributed by atoms with E-state index in [-0.39, 0.29) is 17.6 Å². The molecule has 0 bridgehead atoms. The van der Waals surface area contributed by atoms with Crippen molar-refractivity contribution in [1.29, 1.82) is 0 Å². The quantitative estimate of drug-likeness (QED) is 0.697. The van der Waals surface area contributed by atoms with Crippen LogP contribution < -0.4 is 10.6 Å². The monoisotopic (exact) mass is 395 g/mol. The Hall–Kier alpha value is -2.89. The van der Waals surface area contributed by atoms with E-state index in [4.69, 9.17) is 0 Å². The summed E-state index contributed by atoms with van der Waals surface area (Å²) >= 11 is 0. The highest BCUT2D eigenvalue weighted by Crippen LogP contribution is 2.32. The lowest BCUT2D eigenvalue weighted by molar-refractivity contribution is -0.127. The van der Waals surface area contributed by atoms with E-state index in [1.54, 1.807) is 12.1 Å². The molecule has 3 N–H and O–H groups in total. The van der Waals surface area contributed by atoms with Crippen LogP contribution in [0.5, 0.6) is 0 Å². The Labute approximate surface area is 169 Å². The lowest BCUT2D eigenvalue weighted by Crippen LogP contribution is -2.40. The van der Waals surface area contributed by atoms with Crippen LogP contribution >= 0.6 is 0 Å². The zero-order valence-corrected chi connectivity index (χ0v) is 16.4. The summed E-state index contributed by atoms with van der Waals surface area (Å²) in [7, 11) is 0. The van der Waals surface area contributed by atoms with Crippen LogP contribution in [-0.2, 0) is 16.0 Å². The molecule has 1 aliphatic carbocycles. The lowest BCUT2D eigenvalue weighted by Gasteiger charge is -2.10. The third-order valence-corrected chi connectivity index (χ3v) is 5.67. The summed E-state index contributed by atoms with van der Waals surface area (Å²) in [5.74, 6) is -0.512. The van der Waals surface area contributed by atoms with Crippen LogP contribution in [0.25, 0.3) is 16.8 Å². The number of aromatic amines is 1. The number of halogens is 1. The van der Waals surface area contributed by atoms with E-state index in [2.05, 4.69) is 27.8 Å². The van der Waals surface area contributed by atoms with Gasteiger partial charge in [-0.3, -0.25) is 9.59 Å². The van der Waals surface area contributed by atoms with Gasteiger partial charge in [0.2, 0.25) is 11.8 Å². The lowest BCUT2D eigenvalue weighted by atomic mass is 9.97. The second-order valence-corrected chi connectivity index (χ2v) is 7.77. The maximum Gasteiger partial charge on any atom is 0.242 e. The van der Waals surface area contributed by atoms with Crippen LogP contribution in [0.3, 0.4) is 0 Å². The van der Waals surface area contributed by atoms with Crippen molar-refractivity contribution in [2.45, 2.75) is 51.0 Å². The van der Waals surface area contributed by atoms with E-state index in [1.807, 2.05) is 0 Å². The van der Waals surface area contributed by atoms with Crippen molar-refractivity contribution in [2.75, 3.05) is 6.54 Å². The first-order chi connectivity index (χ1) is 14.1. The Kier molecular flexibility index (Phi) is 5.79. The smallest absolute Gasteiger partial charge is 0.242 e. The van der Waals surface area contributed by atoms with E-state index in [0.717, 1.165) is 35.4 Å². The molecule has 1 aliphatic heterocycles. The Bertz CT molecular complexity index is 930. The van der Waals surface area contributed by atoms with Crippen molar-refractivity contribution in [3.05, 3.63) is 53.5 Å². The number of nitrogens with one attached hydrogen (secondary N) is 3. The van der Waals surface area contributed by atoms with Gasteiger partial charge in [-0.1, -0.05) is 6.08 Å². The molecule has 1 aromatic heterocycles. The maximum atomic E-state index is 13.4. The van der Waals surface area contributed by atoms with Crippen LogP contribution in [0, 0.1) is 5.82 Å². The fourth-order valence-corrected chi connectivity index (χ4v) is 4.07. The molecule has 4 rings (SSSR count). The molecular weight excluding hydrogens is 369 g/mol. The van der Waals surface area contributed by atoms with Crippen molar-refractivity contribution in [3.8, 4) is 11.3 Å². The van der Waals surface area contributed by atoms with E-state index in [9.17, 15) is 14.0 Å². The summed E-state index contributed by atoms with van der Waals surface area (Å²) < 4.78 is 13.4. The Morgan fingerprint density at radius 2 is 2.03 bits per heavy atom. The number of allylic oxidation sites excluding steroid dienone is 2. The van der Waals surface area contributed by atoms with E-state index in [0.29, 0.717) is 25.8 Å². The summed E-state index contributed by atoms with van der Waals surface area (Å²) in [5.41, 5.74) is 5.24. The minimum Gasteiger partial charge on any atom is -0.355 e. The van der Waals surface area contributed by atoms with Crippen molar-refractivity contribution < 1.29 is 14.0 Å². The number of amides is 2. The summed E-state index contributed by atoms with van der Waals surface area (Å²) in [4.78, 5) is 27.5. The van der Waals surface area contributed by atoms with Crippen molar-refractivity contribution in [3.63, 3.8) is 0 Å². The molecule has 2 heterocycles. The highest BCUT2D eigenvalue weighted by molar-refractivity contribution is 5.89. The molecule has 0 spiro atoms. The van der Waals surface area contributed by atoms with E-state index >= 15 is 0 Å². The van der Waals surface area contributed by atoms with Gasteiger partial charge in [0, 0.05) is 24.4 Å². The first-order valence-electron chi connectivity index (χ1n) is 10.3. The predicted octanol–water partition coefficient (Wildman–Crippen LogP) is 3.72. The highest BCUT2D eigenvalue weighted by Gasteiger charge is 2.25. The fraction of sp³-hybridized carbons (Fsp3) is 0.391. The second-order valence-electron chi connectivity index (χ2n) is 7.77. The minimum absolute atomic E-state index is 0.112. The third-order valence-electron chi connectivity index (χ3n) is 5.67. The van der Waals surface area contributed by atoms with Crippen LogP contribution in [0.15, 0.2) is 36.4 Å². The molecule has 1 saturated heterocycles. The van der Waals surface area contributed by atoms with Gasteiger partial charge in [-0.25, -0.2) is 4.39 Å². The topological polar surface area (TPSA) is 74.0 Å². The number of carbonyl (C=O) groups excluding carboxylic acids is 2. The first kappa shape index (κ1) is 19.4. The van der Waals surface area contributed by atoms with Gasteiger partial charge in [-0.05, 0) is 85.6 Å². The molecule has 1 atom stereocenters. The van der Waals surface area contributed by atoms with Crippen LogP contribution in [0.4, 0.5) is 4.39 Å². The molecule has 6 heteroatoms. The van der Waals surface area contributed by atoms with Gasteiger partial charge in [0.25, 0.3) is 0 Å². The SMILES string of the molecule is O=C(CCc1cc(C2=CCCCC2)[nH]c1-c1ccc(F)cc1)NC1CCNC1=O. The van der Waals surface area contributed by atoms with Gasteiger partial charge >= 0.3 is 0 Å². The molecule has 1 fully saturated rings. The number of H-pyrrole nitrogens is 1. The molecule has 2 amide bonds. The average Bonchev–Trinajstić information content (AvgIpc) is 3.34. The third kappa shape index (κ3) is 4.58. The molecule has 0 radical (unpaired) electrons. The van der Waals surface area contributed by atoms with Gasteiger partial charge in [0.05, 0.1) is 0 Å². The Morgan fingerprint density at radius 3 is 2.72 bits per heavy atom. The zero-order valence-electron chi connectivity index (χ0n) is 16.4. The van der Waals surface area contributed by atoms with Gasteiger partial charge in [-0.2, -0.15) is 0 Å². The number of benzene rings is 1. The molecule has 1 unspecified atom stereocenters. The Balaban J connectivity index is 1.53. The van der Waals surface area contributed by atoms with Gasteiger partial charge in [0.15, 0.2) is 0 Å². The predicted molar refractivity (Wildman–Crippen MR) is 111 cm³/mol. The zero-order chi connectivity index (χ0) is 20.2. The standard InChI is InChI=1S/C23H26FN3O2/c24-18-9-6-16(7-10-18)22-17(14-20(27-22)15-4-2-1-3-5-15)8-11-21(28)26-19-12-13-25-23(19)29/h4,6-7,9-10,14,19,27H,1-3,5,8,11-13H2,(H,25,29)(H,26,28). The highest BCUT2D eigenvalue weighted by atomic mass is 19.1. The normalized spacial score (nSPS) is 19.0. The second kappa shape index (κ2) is 8.64. The summed E-state index contributed by atoms with van der Waals surface area (Å²) in [6.45, 7) is 0.606. The summed E-state index contributed by atoms with van der Waals surface area (Å²) in [5, 5.41) is 5.54. The number of carbonyl (C=O) groups is 2. The molecule has 29 heavy (non-hydrogen) atoms. The van der Waals surface area contributed by atoms with Crippen molar-refractivity contribution >= 4 is 17.4 Å². The maximum absolute atomic E-state index is 13.4. The first-order valence-corrected chi connectivity index (χ1v) is 10.3. The number of rotatable bonds is 6. The van der Waals surface area contributed by atoms with E-state index < -0.39 is 6.04 Å². The molecule has 152 valence electrons. The Morgan fingerprint density at radius 1 is 1.21 bits per heavy atom. The van der Waals surface area contributed by atoms with Crippen LogP contribution in [-0.4, -0.2) is 29.4 Å². The summed E-state index contributed by atoms with van der Waals surface area (Å²) in [6, 6.07) is 8.11. The minimum atomic E-state index is -0.423. The molecule has 2 aromatic rings. The van der Waals surface area contributed by atoms with Gasteiger partial charge in [-0.15, -0.1) is 0 Å². The van der Waals surface area contributed by atoms with Crippen molar-refractivity contribution in [1.82, 2.24) is 15.6 Å². The molecular formula is C23H26FN3O2. The van der Waals surface area contributed by atoms with E-state index in [1.165, 1.54) is 30.5 Å². The molecule has 0 saturated carbocycles. The summed E-state index contributed by atoms with van der Waals surface area (Å²) in [6.07, 6.45) is 8.29. The number of aromatic nitrogens is 1. The molecule has 2 aliphatic rings. The molecule has 1 aromatic carbocycles. The van der Waals surface area contributed by atoms with Crippen LogP contribution in [0.1, 0.15) is 49.8 Å². The molecule has 5 nitrogen and oxygen atoms in total. The number of hydrogen-bond donors (Lipinski definition) is 3. The van der Waals surface area contributed by atoms with Crippen molar-refractivity contribution in [2.24, 2.45) is 0 Å². The number of hydrogen-bond acceptors (Lipinski definition) is 2.